The first-order chi connectivity index (χ1) is 12.6. The predicted molar refractivity (Wildman–Crippen MR) is 116 cm³/mol. The van der Waals surface area contributed by atoms with Crippen LogP contribution in [0.25, 0.3) is 0 Å². The lowest BCUT2D eigenvalue weighted by atomic mass is 10.1. The molecule has 2 rings (SSSR count). The van der Waals surface area contributed by atoms with Crippen LogP contribution in [0.4, 0.5) is 9.18 Å². The minimum Gasteiger partial charge on any atom is -0.453 e. The highest BCUT2D eigenvalue weighted by molar-refractivity contribution is 14.0. The number of likely N-dealkylation sites (tertiary alicyclic amines) is 1. The SMILES string of the molecule is CCNC(=NCCCc1cccc(F)c1)NC1CCN(C(=O)OC)CC1.I. The molecular formula is C19H30FIN4O2. The van der Waals surface area contributed by atoms with Crippen LogP contribution in [0, 0.1) is 5.82 Å². The number of carbonyl (C=O) groups is 1. The summed E-state index contributed by atoms with van der Waals surface area (Å²) in [6, 6.07) is 6.99. The number of nitrogens with one attached hydrogen (secondary N) is 2. The summed E-state index contributed by atoms with van der Waals surface area (Å²) in [5.74, 6) is 0.600. The number of rotatable bonds is 6. The van der Waals surface area contributed by atoms with E-state index < -0.39 is 0 Å². The maximum absolute atomic E-state index is 13.2. The second-order valence-electron chi connectivity index (χ2n) is 6.37. The maximum Gasteiger partial charge on any atom is 0.409 e. The van der Waals surface area contributed by atoms with Crippen molar-refractivity contribution in [1.82, 2.24) is 15.5 Å². The van der Waals surface area contributed by atoms with Crippen molar-refractivity contribution in [3.05, 3.63) is 35.6 Å². The number of hydrogen-bond acceptors (Lipinski definition) is 3. The van der Waals surface area contributed by atoms with Crippen molar-refractivity contribution in [2.75, 3.05) is 33.3 Å². The van der Waals surface area contributed by atoms with E-state index in [0.717, 1.165) is 43.8 Å². The number of methoxy groups -OCH3 is 1. The van der Waals surface area contributed by atoms with Gasteiger partial charge in [-0.05, 0) is 50.3 Å². The standard InChI is InChI=1S/C19H29FN4O2.HI/c1-3-21-18(22-11-5-7-15-6-4-8-16(20)14-15)23-17-9-12-24(13-10-17)19(25)26-2;/h4,6,8,14,17H,3,5,7,9-13H2,1-2H3,(H2,21,22,23);1H. The zero-order valence-electron chi connectivity index (χ0n) is 16.0. The van der Waals surface area contributed by atoms with Gasteiger partial charge in [0, 0.05) is 32.2 Å². The number of guanidine groups is 1. The van der Waals surface area contributed by atoms with Gasteiger partial charge in [-0.15, -0.1) is 24.0 Å². The minimum atomic E-state index is -0.263. The second-order valence-corrected chi connectivity index (χ2v) is 6.37. The molecule has 6 nitrogen and oxygen atoms in total. The van der Waals surface area contributed by atoms with E-state index in [0.29, 0.717) is 19.6 Å². The predicted octanol–water partition coefficient (Wildman–Crippen LogP) is 3.16. The summed E-state index contributed by atoms with van der Waals surface area (Å²) >= 11 is 0. The zero-order chi connectivity index (χ0) is 18.8. The number of aryl methyl sites for hydroxylation is 1. The van der Waals surface area contributed by atoms with Gasteiger partial charge in [0.1, 0.15) is 5.82 Å². The van der Waals surface area contributed by atoms with Crippen LogP contribution in [0.15, 0.2) is 29.3 Å². The first kappa shape index (κ1) is 23.5. The number of benzene rings is 1. The molecule has 1 aliphatic rings. The van der Waals surface area contributed by atoms with Gasteiger partial charge in [0.05, 0.1) is 7.11 Å². The van der Waals surface area contributed by atoms with E-state index in [1.54, 1.807) is 17.0 Å². The summed E-state index contributed by atoms with van der Waals surface area (Å²) in [7, 11) is 1.41. The van der Waals surface area contributed by atoms with Crippen LogP contribution < -0.4 is 10.6 Å². The monoisotopic (exact) mass is 492 g/mol. The molecule has 0 bridgehead atoms. The third-order valence-electron chi connectivity index (χ3n) is 4.40. The fraction of sp³-hybridized carbons (Fsp3) is 0.579. The molecule has 2 N–H and O–H groups in total. The fourth-order valence-electron chi connectivity index (χ4n) is 3.02. The average molecular weight is 492 g/mol. The van der Waals surface area contributed by atoms with E-state index >= 15 is 0 Å². The molecule has 1 heterocycles. The number of aliphatic imine (C=N–C) groups is 1. The highest BCUT2D eigenvalue weighted by atomic mass is 127. The molecule has 1 aromatic rings. The van der Waals surface area contributed by atoms with Crippen molar-refractivity contribution in [2.24, 2.45) is 4.99 Å². The Balaban J connectivity index is 0.00000364. The molecule has 8 heteroatoms. The summed E-state index contributed by atoms with van der Waals surface area (Å²) in [5.41, 5.74) is 0.994. The van der Waals surface area contributed by atoms with Gasteiger partial charge in [-0.2, -0.15) is 0 Å². The molecule has 1 aromatic carbocycles. The van der Waals surface area contributed by atoms with Gasteiger partial charge in [-0.1, -0.05) is 12.1 Å². The lowest BCUT2D eigenvalue weighted by molar-refractivity contribution is 0.111. The van der Waals surface area contributed by atoms with Crippen molar-refractivity contribution in [3.63, 3.8) is 0 Å². The van der Waals surface area contributed by atoms with Crippen LogP contribution in [0.5, 0.6) is 0 Å². The van der Waals surface area contributed by atoms with Gasteiger partial charge >= 0.3 is 6.09 Å². The van der Waals surface area contributed by atoms with E-state index in [2.05, 4.69) is 15.6 Å². The Bertz CT molecular complexity index is 607. The van der Waals surface area contributed by atoms with E-state index in [4.69, 9.17) is 4.74 Å². The molecule has 0 radical (unpaired) electrons. The van der Waals surface area contributed by atoms with Crippen LogP contribution in [0.1, 0.15) is 31.7 Å². The minimum absolute atomic E-state index is 0. The Morgan fingerprint density at radius 3 is 2.74 bits per heavy atom. The molecule has 1 saturated heterocycles. The summed E-state index contributed by atoms with van der Waals surface area (Å²) in [6.07, 6.45) is 3.13. The number of piperidine rings is 1. The van der Waals surface area contributed by atoms with Gasteiger partial charge in [-0.3, -0.25) is 4.99 Å². The highest BCUT2D eigenvalue weighted by Gasteiger charge is 2.23. The molecule has 0 aromatic heterocycles. The Morgan fingerprint density at radius 2 is 2.11 bits per heavy atom. The quantitative estimate of drug-likeness (QED) is 0.277. The molecule has 27 heavy (non-hydrogen) atoms. The van der Waals surface area contributed by atoms with Crippen LogP contribution in [-0.4, -0.2) is 56.3 Å². The van der Waals surface area contributed by atoms with Crippen LogP contribution in [0.3, 0.4) is 0 Å². The third kappa shape index (κ3) is 8.32. The first-order valence-corrected chi connectivity index (χ1v) is 9.24. The number of amides is 1. The molecular weight excluding hydrogens is 462 g/mol. The largest absolute Gasteiger partial charge is 0.453 e. The molecule has 0 atom stereocenters. The second kappa shape index (κ2) is 12.7. The molecule has 1 aliphatic heterocycles. The fourth-order valence-corrected chi connectivity index (χ4v) is 3.02. The van der Waals surface area contributed by atoms with Crippen molar-refractivity contribution < 1.29 is 13.9 Å². The highest BCUT2D eigenvalue weighted by Crippen LogP contribution is 2.11. The van der Waals surface area contributed by atoms with Crippen LogP contribution in [0.2, 0.25) is 0 Å². The third-order valence-corrected chi connectivity index (χ3v) is 4.40. The van der Waals surface area contributed by atoms with Gasteiger partial charge < -0.3 is 20.3 Å². The molecule has 1 fully saturated rings. The lowest BCUT2D eigenvalue weighted by Gasteiger charge is -2.32. The summed E-state index contributed by atoms with van der Waals surface area (Å²) in [6.45, 7) is 4.86. The Labute approximate surface area is 178 Å². The number of hydrogen-bond donors (Lipinski definition) is 2. The lowest BCUT2D eigenvalue weighted by Crippen LogP contribution is -2.49. The average Bonchev–Trinajstić information content (AvgIpc) is 2.65. The Morgan fingerprint density at radius 1 is 1.37 bits per heavy atom. The van der Waals surface area contributed by atoms with Crippen molar-refractivity contribution in [3.8, 4) is 0 Å². The van der Waals surface area contributed by atoms with E-state index in [-0.39, 0.29) is 41.9 Å². The summed E-state index contributed by atoms with van der Waals surface area (Å²) in [4.78, 5) is 17.9. The number of ether oxygens (including phenoxy) is 1. The number of carbonyl (C=O) groups excluding carboxylic acids is 1. The van der Waals surface area contributed by atoms with Crippen molar-refractivity contribution >= 4 is 36.0 Å². The van der Waals surface area contributed by atoms with Gasteiger partial charge in [0.15, 0.2) is 5.96 Å². The molecule has 152 valence electrons. The van der Waals surface area contributed by atoms with Crippen molar-refractivity contribution in [2.45, 2.75) is 38.6 Å². The molecule has 1 amide bonds. The molecule has 0 unspecified atom stereocenters. The van der Waals surface area contributed by atoms with Crippen LogP contribution in [-0.2, 0) is 11.2 Å². The van der Waals surface area contributed by atoms with Gasteiger partial charge in [0.25, 0.3) is 0 Å². The van der Waals surface area contributed by atoms with E-state index in [9.17, 15) is 9.18 Å². The molecule has 0 aliphatic carbocycles. The first-order valence-electron chi connectivity index (χ1n) is 9.24. The topological polar surface area (TPSA) is 66.0 Å². The van der Waals surface area contributed by atoms with E-state index in [1.165, 1.54) is 13.2 Å². The summed E-state index contributed by atoms with van der Waals surface area (Å²) in [5, 5.41) is 6.70. The Kier molecular flexibility index (Phi) is 11.1. The summed E-state index contributed by atoms with van der Waals surface area (Å²) < 4.78 is 17.9. The van der Waals surface area contributed by atoms with Gasteiger partial charge in [0.2, 0.25) is 0 Å². The molecule has 0 saturated carbocycles. The normalized spacial score (nSPS) is 15.1. The number of halogens is 2. The Hall–Kier alpha value is -1.58. The smallest absolute Gasteiger partial charge is 0.409 e. The van der Waals surface area contributed by atoms with Crippen molar-refractivity contribution in [1.29, 1.82) is 0 Å². The van der Waals surface area contributed by atoms with Crippen LogP contribution >= 0.6 is 24.0 Å². The maximum atomic E-state index is 13.2. The zero-order valence-corrected chi connectivity index (χ0v) is 18.4. The molecule has 0 spiro atoms. The van der Waals surface area contributed by atoms with Gasteiger partial charge in [-0.25, -0.2) is 9.18 Å². The van der Waals surface area contributed by atoms with E-state index in [1.807, 2.05) is 13.0 Å². The number of nitrogens with zero attached hydrogens (tertiary/aromatic N) is 2.